The third kappa shape index (κ3) is 2.15. The van der Waals surface area contributed by atoms with Crippen molar-refractivity contribution in [3.8, 4) is 0 Å². The van der Waals surface area contributed by atoms with Crippen molar-refractivity contribution in [2.75, 3.05) is 0 Å². The van der Waals surface area contributed by atoms with Crippen molar-refractivity contribution >= 4 is 17.6 Å². The Bertz CT molecular complexity index is 356. The Morgan fingerprint density at radius 2 is 1.80 bits per heavy atom. The maximum atomic E-state index is 11.3. The largest absolute Gasteiger partial charge is 0.481 e. The highest BCUT2D eigenvalue weighted by molar-refractivity contribution is 6.30. The number of hydrogen-bond donors (Lipinski definition) is 1. The van der Waals surface area contributed by atoms with Crippen molar-refractivity contribution in [1.29, 1.82) is 0 Å². The maximum Gasteiger partial charge on any atom is 0.314 e. The van der Waals surface area contributed by atoms with E-state index in [4.69, 9.17) is 11.6 Å². The van der Waals surface area contributed by atoms with Gasteiger partial charge in [-0.3, -0.25) is 4.79 Å². The summed E-state index contributed by atoms with van der Waals surface area (Å²) in [6.07, 6.45) is 0. The number of aliphatic carboxylic acids is 1. The van der Waals surface area contributed by atoms with Crippen molar-refractivity contribution in [3.05, 3.63) is 34.9 Å². The molecule has 1 rings (SSSR count). The van der Waals surface area contributed by atoms with E-state index >= 15 is 0 Å². The molecule has 0 fully saturated rings. The number of rotatable bonds is 3. The molecule has 3 heteroatoms. The lowest BCUT2D eigenvalue weighted by molar-refractivity contribution is -0.145. The first-order chi connectivity index (χ1) is 6.89. The molecule has 1 unspecified atom stereocenters. The van der Waals surface area contributed by atoms with Crippen LogP contribution in [0.25, 0.3) is 0 Å². The highest BCUT2D eigenvalue weighted by Crippen LogP contribution is 2.32. The Kier molecular flexibility index (Phi) is 3.40. The second-order valence-electron chi connectivity index (χ2n) is 4.17. The Morgan fingerprint density at radius 3 is 2.13 bits per heavy atom. The third-order valence-electron chi connectivity index (χ3n) is 3.04. The van der Waals surface area contributed by atoms with Gasteiger partial charge >= 0.3 is 5.97 Å². The Balaban J connectivity index is 3.22. The zero-order valence-electron chi connectivity index (χ0n) is 9.12. The average Bonchev–Trinajstić information content (AvgIpc) is 2.17. The zero-order valence-corrected chi connectivity index (χ0v) is 9.88. The van der Waals surface area contributed by atoms with E-state index in [1.165, 1.54) is 0 Å². The van der Waals surface area contributed by atoms with Crippen LogP contribution in [-0.4, -0.2) is 11.1 Å². The third-order valence-corrected chi connectivity index (χ3v) is 3.29. The molecule has 0 bridgehead atoms. The van der Waals surface area contributed by atoms with Gasteiger partial charge in [0.05, 0.1) is 5.41 Å². The SMILES string of the molecule is CC(C)C(C)(C(=O)O)c1ccc(Cl)cc1. The molecule has 0 saturated carbocycles. The summed E-state index contributed by atoms with van der Waals surface area (Å²) < 4.78 is 0. The minimum atomic E-state index is -0.857. The zero-order chi connectivity index (χ0) is 11.6. The van der Waals surface area contributed by atoms with Gasteiger partial charge in [-0.25, -0.2) is 0 Å². The van der Waals surface area contributed by atoms with Crippen LogP contribution in [0.3, 0.4) is 0 Å². The monoisotopic (exact) mass is 226 g/mol. The fourth-order valence-corrected chi connectivity index (χ4v) is 1.63. The number of carbonyl (C=O) groups is 1. The lowest BCUT2D eigenvalue weighted by Crippen LogP contribution is -2.37. The standard InChI is InChI=1S/C12H15ClO2/c1-8(2)12(3,11(14)15)9-4-6-10(13)7-5-9/h4-8H,1-3H3,(H,14,15). The molecule has 0 aliphatic rings. The highest BCUT2D eigenvalue weighted by Gasteiger charge is 2.38. The van der Waals surface area contributed by atoms with E-state index in [1.807, 2.05) is 13.8 Å². The molecule has 1 aromatic carbocycles. The van der Waals surface area contributed by atoms with Crippen molar-refractivity contribution < 1.29 is 9.90 Å². The fraction of sp³-hybridized carbons (Fsp3) is 0.417. The van der Waals surface area contributed by atoms with Gasteiger partial charge in [0.2, 0.25) is 0 Å². The summed E-state index contributed by atoms with van der Waals surface area (Å²) >= 11 is 5.77. The second kappa shape index (κ2) is 4.23. The lowest BCUT2D eigenvalue weighted by atomic mass is 9.73. The molecular formula is C12H15ClO2. The molecule has 82 valence electrons. The molecule has 0 saturated heterocycles. The van der Waals surface area contributed by atoms with Gasteiger partial charge in [0.15, 0.2) is 0 Å². The average molecular weight is 227 g/mol. The summed E-state index contributed by atoms with van der Waals surface area (Å²) in [6, 6.07) is 6.99. The van der Waals surface area contributed by atoms with Gasteiger partial charge in [0.1, 0.15) is 0 Å². The predicted molar refractivity (Wildman–Crippen MR) is 61.3 cm³/mol. The lowest BCUT2D eigenvalue weighted by Gasteiger charge is -2.29. The van der Waals surface area contributed by atoms with Crippen LogP contribution < -0.4 is 0 Å². The molecule has 1 atom stereocenters. The minimum Gasteiger partial charge on any atom is -0.481 e. The van der Waals surface area contributed by atoms with Crippen LogP contribution in [0.1, 0.15) is 26.3 Å². The normalized spacial score (nSPS) is 15.0. The topological polar surface area (TPSA) is 37.3 Å². The fourth-order valence-electron chi connectivity index (χ4n) is 1.50. The number of halogens is 1. The van der Waals surface area contributed by atoms with Crippen LogP contribution in [0.5, 0.6) is 0 Å². The molecule has 1 N–H and O–H groups in total. The van der Waals surface area contributed by atoms with Crippen molar-refractivity contribution in [2.45, 2.75) is 26.2 Å². The molecule has 0 spiro atoms. The van der Waals surface area contributed by atoms with Gasteiger partial charge in [-0.1, -0.05) is 37.6 Å². The van der Waals surface area contributed by atoms with E-state index in [0.717, 1.165) is 5.56 Å². The van der Waals surface area contributed by atoms with Gasteiger partial charge in [0.25, 0.3) is 0 Å². The molecule has 0 radical (unpaired) electrons. The quantitative estimate of drug-likeness (QED) is 0.859. The van der Waals surface area contributed by atoms with Crippen LogP contribution in [0.2, 0.25) is 5.02 Å². The summed E-state index contributed by atoms with van der Waals surface area (Å²) in [5, 5.41) is 9.91. The smallest absolute Gasteiger partial charge is 0.314 e. The van der Waals surface area contributed by atoms with E-state index in [1.54, 1.807) is 31.2 Å². The highest BCUT2D eigenvalue weighted by atomic mass is 35.5. The second-order valence-corrected chi connectivity index (χ2v) is 4.61. The van der Waals surface area contributed by atoms with E-state index in [0.29, 0.717) is 5.02 Å². The Labute approximate surface area is 94.9 Å². The predicted octanol–water partition coefficient (Wildman–Crippen LogP) is 3.34. The molecule has 0 heterocycles. The van der Waals surface area contributed by atoms with Crippen LogP contribution in [0.15, 0.2) is 24.3 Å². The number of hydrogen-bond acceptors (Lipinski definition) is 1. The maximum absolute atomic E-state index is 11.3. The van der Waals surface area contributed by atoms with Gasteiger partial charge in [-0.15, -0.1) is 0 Å². The van der Waals surface area contributed by atoms with E-state index in [9.17, 15) is 9.90 Å². The van der Waals surface area contributed by atoms with Crippen molar-refractivity contribution in [1.82, 2.24) is 0 Å². The van der Waals surface area contributed by atoms with Gasteiger partial charge in [0, 0.05) is 5.02 Å². The number of carboxylic acids is 1. The minimum absolute atomic E-state index is 0.0242. The van der Waals surface area contributed by atoms with Gasteiger partial charge in [-0.2, -0.15) is 0 Å². The number of carboxylic acid groups (broad SMARTS) is 1. The molecule has 0 amide bonds. The summed E-state index contributed by atoms with van der Waals surface area (Å²) in [5.74, 6) is -0.781. The van der Waals surface area contributed by atoms with Crippen LogP contribution >= 0.6 is 11.6 Å². The molecule has 0 aliphatic carbocycles. The Morgan fingerprint density at radius 1 is 1.33 bits per heavy atom. The summed E-state index contributed by atoms with van der Waals surface area (Å²) in [5.41, 5.74) is -0.0701. The molecule has 0 aromatic heterocycles. The van der Waals surface area contributed by atoms with Gasteiger partial charge < -0.3 is 5.11 Å². The van der Waals surface area contributed by atoms with Crippen LogP contribution in [0.4, 0.5) is 0 Å². The van der Waals surface area contributed by atoms with Gasteiger partial charge in [-0.05, 0) is 30.5 Å². The summed E-state index contributed by atoms with van der Waals surface area (Å²) in [6.45, 7) is 5.55. The van der Waals surface area contributed by atoms with Crippen LogP contribution in [0, 0.1) is 5.92 Å². The Hall–Kier alpha value is -1.02. The van der Waals surface area contributed by atoms with E-state index in [2.05, 4.69) is 0 Å². The van der Waals surface area contributed by atoms with Crippen molar-refractivity contribution in [3.63, 3.8) is 0 Å². The summed E-state index contributed by atoms with van der Waals surface area (Å²) in [4.78, 5) is 11.3. The molecule has 2 nitrogen and oxygen atoms in total. The molecule has 0 aliphatic heterocycles. The molecule has 1 aromatic rings. The van der Waals surface area contributed by atoms with Crippen LogP contribution in [-0.2, 0) is 10.2 Å². The molecule has 15 heavy (non-hydrogen) atoms. The van der Waals surface area contributed by atoms with Crippen molar-refractivity contribution in [2.24, 2.45) is 5.92 Å². The molecular weight excluding hydrogens is 212 g/mol. The van der Waals surface area contributed by atoms with E-state index < -0.39 is 11.4 Å². The first-order valence-corrected chi connectivity index (χ1v) is 5.26. The van der Waals surface area contributed by atoms with E-state index in [-0.39, 0.29) is 5.92 Å². The summed E-state index contributed by atoms with van der Waals surface area (Å²) in [7, 11) is 0. The first kappa shape index (κ1) is 12.1. The number of benzene rings is 1. The first-order valence-electron chi connectivity index (χ1n) is 4.88.